The highest BCUT2D eigenvalue weighted by atomic mass is 16.5. The Bertz CT molecular complexity index is 348. The maximum Gasteiger partial charge on any atom is 0.305 e. The summed E-state index contributed by atoms with van der Waals surface area (Å²) in [6.45, 7) is 1.99. The summed E-state index contributed by atoms with van der Waals surface area (Å²) < 4.78 is 4.61. The first kappa shape index (κ1) is 12.7. The minimum absolute atomic E-state index is 0.163. The van der Waals surface area contributed by atoms with Gasteiger partial charge in [0.05, 0.1) is 7.11 Å². The Balaban J connectivity index is 2.56. The number of methoxy groups -OCH3 is 1. The highest BCUT2D eigenvalue weighted by Gasteiger charge is 2.03. The van der Waals surface area contributed by atoms with Crippen molar-refractivity contribution in [2.24, 2.45) is 5.73 Å². The van der Waals surface area contributed by atoms with Crippen LogP contribution in [0.3, 0.4) is 0 Å². The predicted octanol–water partition coefficient (Wildman–Crippen LogP) is 1.68. The number of hydrogen-bond acceptors (Lipinski definition) is 3. The first-order valence-corrected chi connectivity index (χ1v) is 5.52. The monoisotopic (exact) mass is 221 g/mol. The van der Waals surface area contributed by atoms with Gasteiger partial charge in [0.15, 0.2) is 0 Å². The zero-order chi connectivity index (χ0) is 12.0. The van der Waals surface area contributed by atoms with Crippen LogP contribution in [0, 0.1) is 0 Å². The van der Waals surface area contributed by atoms with Gasteiger partial charge in [0, 0.05) is 12.5 Å². The lowest BCUT2D eigenvalue weighted by atomic mass is 10.0. The van der Waals surface area contributed by atoms with Crippen molar-refractivity contribution in [2.45, 2.75) is 32.2 Å². The minimum atomic E-state index is -0.169. The van der Waals surface area contributed by atoms with Gasteiger partial charge in [-0.3, -0.25) is 4.79 Å². The van der Waals surface area contributed by atoms with Crippen molar-refractivity contribution in [1.82, 2.24) is 0 Å². The van der Waals surface area contributed by atoms with Crippen molar-refractivity contribution in [3.05, 3.63) is 35.4 Å². The van der Waals surface area contributed by atoms with E-state index in [1.54, 1.807) is 0 Å². The largest absolute Gasteiger partial charge is 0.469 e. The number of esters is 1. The van der Waals surface area contributed by atoms with E-state index in [-0.39, 0.29) is 12.0 Å². The third kappa shape index (κ3) is 4.45. The summed E-state index contributed by atoms with van der Waals surface area (Å²) in [4.78, 5) is 11.0. The second-order valence-electron chi connectivity index (χ2n) is 4.08. The van der Waals surface area contributed by atoms with Gasteiger partial charge in [0.2, 0.25) is 0 Å². The number of hydrogen-bond donors (Lipinski definition) is 1. The van der Waals surface area contributed by atoms with Gasteiger partial charge < -0.3 is 10.5 Å². The van der Waals surface area contributed by atoms with E-state index in [0.717, 1.165) is 18.4 Å². The molecule has 1 aromatic rings. The fourth-order valence-electron chi connectivity index (χ4n) is 1.63. The summed E-state index contributed by atoms with van der Waals surface area (Å²) in [5.41, 5.74) is 8.12. The Kier molecular flexibility index (Phi) is 4.99. The van der Waals surface area contributed by atoms with Crippen LogP contribution in [0.25, 0.3) is 0 Å². The lowest BCUT2D eigenvalue weighted by Gasteiger charge is -2.07. The lowest BCUT2D eigenvalue weighted by molar-refractivity contribution is -0.140. The van der Waals surface area contributed by atoms with E-state index in [0.29, 0.717) is 6.42 Å². The standard InChI is InChI=1S/C13H19NO2/c1-10(14)8-12-5-3-4-11(9-12)6-7-13(15)16-2/h3-5,9-10H,6-8,14H2,1-2H3/t10-/m1/s1. The SMILES string of the molecule is COC(=O)CCc1cccc(C[C@@H](C)N)c1. The van der Waals surface area contributed by atoms with E-state index in [1.165, 1.54) is 12.7 Å². The van der Waals surface area contributed by atoms with Crippen molar-refractivity contribution in [3.8, 4) is 0 Å². The van der Waals surface area contributed by atoms with Crippen LogP contribution in [-0.2, 0) is 22.4 Å². The van der Waals surface area contributed by atoms with Crippen LogP contribution in [0.2, 0.25) is 0 Å². The average Bonchev–Trinajstić information content (AvgIpc) is 2.25. The van der Waals surface area contributed by atoms with Gasteiger partial charge in [0.1, 0.15) is 0 Å². The maximum absolute atomic E-state index is 11.0. The normalized spacial score (nSPS) is 12.2. The van der Waals surface area contributed by atoms with Crippen LogP contribution in [0.1, 0.15) is 24.5 Å². The number of carbonyl (C=O) groups excluding carboxylic acids is 1. The third-order valence-electron chi connectivity index (χ3n) is 2.39. The Morgan fingerprint density at radius 3 is 2.75 bits per heavy atom. The smallest absolute Gasteiger partial charge is 0.305 e. The summed E-state index contributed by atoms with van der Waals surface area (Å²) in [5.74, 6) is -0.169. The highest BCUT2D eigenvalue weighted by molar-refractivity contribution is 5.69. The predicted molar refractivity (Wildman–Crippen MR) is 64.1 cm³/mol. The molecule has 0 bridgehead atoms. The molecule has 3 heteroatoms. The zero-order valence-electron chi connectivity index (χ0n) is 9.90. The van der Waals surface area contributed by atoms with Gasteiger partial charge in [0.25, 0.3) is 0 Å². The molecule has 0 heterocycles. The van der Waals surface area contributed by atoms with Gasteiger partial charge in [-0.15, -0.1) is 0 Å². The van der Waals surface area contributed by atoms with E-state index in [2.05, 4.69) is 16.9 Å². The van der Waals surface area contributed by atoms with Gasteiger partial charge in [-0.2, -0.15) is 0 Å². The van der Waals surface area contributed by atoms with E-state index < -0.39 is 0 Å². The molecule has 0 aliphatic rings. The van der Waals surface area contributed by atoms with E-state index in [1.807, 2.05) is 19.1 Å². The molecule has 0 fully saturated rings. The maximum atomic E-state index is 11.0. The van der Waals surface area contributed by atoms with Crippen LogP contribution >= 0.6 is 0 Å². The number of aryl methyl sites for hydroxylation is 1. The molecule has 0 aromatic heterocycles. The van der Waals surface area contributed by atoms with Crippen molar-refractivity contribution in [3.63, 3.8) is 0 Å². The fraction of sp³-hybridized carbons (Fsp3) is 0.462. The summed E-state index contributed by atoms with van der Waals surface area (Å²) >= 11 is 0. The first-order valence-electron chi connectivity index (χ1n) is 5.52. The molecular weight excluding hydrogens is 202 g/mol. The van der Waals surface area contributed by atoms with Gasteiger partial charge >= 0.3 is 5.97 Å². The van der Waals surface area contributed by atoms with Crippen LogP contribution in [0.5, 0.6) is 0 Å². The molecule has 2 N–H and O–H groups in total. The number of benzene rings is 1. The minimum Gasteiger partial charge on any atom is -0.469 e. The molecule has 0 amide bonds. The number of carbonyl (C=O) groups is 1. The Morgan fingerprint density at radius 1 is 1.44 bits per heavy atom. The van der Waals surface area contributed by atoms with Crippen molar-refractivity contribution >= 4 is 5.97 Å². The van der Waals surface area contributed by atoms with Gasteiger partial charge in [-0.25, -0.2) is 0 Å². The fourth-order valence-corrected chi connectivity index (χ4v) is 1.63. The molecule has 1 rings (SSSR count). The molecule has 0 radical (unpaired) electrons. The highest BCUT2D eigenvalue weighted by Crippen LogP contribution is 2.09. The summed E-state index contributed by atoms with van der Waals surface area (Å²) in [6.07, 6.45) is 2.02. The summed E-state index contributed by atoms with van der Waals surface area (Å²) in [5, 5.41) is 0. The molecule has 0 aliphatic heterocycles. The van der Waals surface area contributed by atoms with Crippen LogP contribution < -0.4 is 5.73 Å². The van der Waals surface area contributed by atoms with Crippen LogP contribution in [0.15, 0.2) is 24.3 Å². The molecule has 16 heavy (non-hydrogen) atoms. The molecule has 0 saturated heterocycles. The van der Waals surface area contributed by atoms with Gasteiger partial charge in [-0.1, -0.05) is 24.3 Å². The molecule has 88 valence electrons. The van der Waals surface area contributed by atoms with E-state index in [4.69, 9.17) is 5.73 Å². The Morgan fingerprint density at radius 2 is 2.12 bits per heavy atom. The third-order valence-corrected chi connectivity index (χ3v) is 2.39. The Hall–Kier alpha value is -1.35. The van der Waals surface area contributed by atoms with Gasteiger partial charge in [-0.05, 0) is 30.9 Å². The molecular formula is C13H19NO2. The van der Waals surface area contributed by atoms with Crippen molar-refractivity contribution < 1.29 is 9.53 Å². The number of rotatable bonds is 5. The molecule has 0 spiro atoms. The molecule has 0 unspecified atom stereocenters. The topological polar surface area (TPSA) is 52.3 Å². The van der Waals surface area contributed by atoms with Crippen molar-refractivity contribution in [1.29, 1.82) is 0 Å². The zero-order valence-corrected chi connectivity index (χ0v) is 9.90. The van der Waals surface area contributed by atoms with Crippen LogP contribution in [0.4, 0.5) is 0 Å². The molecule has 0 aliphatic carbocycles. The second kappa shape index (κ2) is 6.28. The number of ether oxygens (including phenoxy) is 1. The van der Waals surface area contributed by atoms with Crippen molar-refractivity contribution in [2.75, 3.05) is 7.11 Å². The average molecular weight is 221 g/mol. The quantitative estimate of drug-likeness (QED) is 0.770. The lowest BCUT2D eigenvalue weighted by Crippen LogP contribution is -2.17. The van der Waals surface area contributed by atoms with Crippen LogP contribution in [-0.4, -0.2) is 19.1 Å². The number of nitrogens with two attached hydrogens (primary N) is 1. The second-order valence-corrected chi connectivity index (χ2v) is 4.08. The van der Waals surface area contributed by atoms with E-state index >= 15 is 0 Å². The molecule has 0 saturated carbocycles. The molecule has 1 aromatic carbocycles. The first-order chi connectivity index (χ1) is 7.61. The summed E-state index contributed by atoms with van der Waals surface area (Å²) in [6, 6.07) is 8.35. The molecule has 3 nitrogen and oxygen atoms in total. The molecule has 1 atom stereocenters. The Labute approximate surface area is 96.6 Å². The summed E-state index contributed by atoms with van der Waals surface area (Å²) in [7, 11) is 1.41. The van der Waals surface area contributed by atoms with E-state index in [9.17, 15) is 4.79 Å².